The summed E-state index contributed by atoms with van der Waals surface area (Å²) in [5.74, 6) is -0.375. The predicted molar refractivity (Wildman–Crippen MR) is 56.7 cm³/mol. The van der Waals surface area contributed by atoms with E-state index >= 15 is 0 Å². The molecule has 84 valence electrons. The minimum atomic E-state index is -0.906. The standard InChI is InChI=1S/C10H10N2O4/c13-9(14)3-4-16-6-1-2-7-8(5-6)12-10(15)11-7/h1-2,5H,3-4H2,(H,13,14)(H2,11,12,15). The summed E-state index contributed by atoms with van der Waals surface area (Å²) in [7, 11) is 0. The second kappa shape index (κ2) is 4.09. The number of hydrogen-bond acceptors (Lipinski definition) is 3. The van der Waals surface area contributed by atoms with E-state index in [1.54, 1.807) is 18.2 Å². The lowest BCUT2D eigenvalue weighted by Gasteiger charge is -2.03. The average molecular weight is 222 g/mol. The van der Waals surface area contributed by atoms with Crippen molar-refractivity contribution >= 4 is 17.0 Å². The molecule has 0 amide bonds. The number of H-pyrrole nitrogens is 2. The van der Waals surface area contributed by atoms with E-state index in [-0.39, 0.29) is 18.7 Å². The van der Waals surface area contributed by atoms with Crippen LogP contribution in [0.1, 0.15) is 6.42 Å². The van der Waals surface area contributed by atoms with Gasteiger partial charge in [-0.05, 0) is 12.1 Å². The summed E-state index contributed by atoms with van der Waals surface area (Å²) in [5.41, 5.74) is 1.05. The SMILES string of the molecule is O=C(O)CCOc1ccc2[nH]c(=O)[nH]c2c1. The van der Waals surface area contributed by atoms with E-state index in [1.807, 2.05) is 0 Å². The number of nitrogens with one attached hydrogen (secondary N) is 2. The summed E-state index contributed by atoms with van der Waals surface area (Å²) >= 11 is 0. The van der Waals surface area contributed by atoms with Crippen LogP contribution in [0.5, 0.6) is 5.75 Å². The molecule has 2 rings (SSSR count). The first-order chi connectivity index (χ1) is 7.65. The zero-order valence-electron chi connectivity index (χ0n) is 8.32. The molecule has 6 nitrogen and oxygen atoms in total. The zero-order chi connectivity index (χ0) is 11.5. The Balaban J connectivity index is 2.13. The van der Waals surface area contributed by atoms with Gasteiger partial charge in [0.1, 0.15) is 5.75 Å². The van der Waals surface area contributed by atoms with Crippen molar-refractivity contribution in [2.45, 2.75) is 6.42 Å². The van der Waals surface area contributed by atoms with E-state index in [1.165, 1.54) is 0 Å². The van der Waals surface area contributed by atoms with Gasteiger partial charge in [-0.1, -0.05) is 0 Å². The molecule has 1 aromatic carbocycles. The normalized spacial score (nSPS) is 10.5. The van der Waals surface area contributed by atoms with Gasteiger partial charge in [-0.25, -0.2) is 4.79 Å². The molecule has 0 fully saturated rings. The molecule has 3 N–H and O–H groups in total. The number of carbonyl (C=O) groups is 1. The van der Waals surface area contributed by atoms with E-state index in [0.29, 0.717) is 16.8 Å². The van der Waals surface area contributed by atoms with E-state index in [9.17, 15) is 9.59 Å². The maximum atomic E-state index is 11.0. The topological polar surface area (TPSA) is 95.2 Å². The van der Waals surface area contributed by atoms with Gasteiger partial charge in [0, 0.05) is 6.07 Å². The Bertz CT molecular complexity index is 569. The molecule has 0 saturated carbocycles. The van der Waals surface area contributed by atoms with Crippen LogP contribution in [0.4, 0.5) is 0 Å². The lowest BCUT2D eigenvalue weighted by molar-refractivity contribution is -0.137. The summed E-state index contributed by atoms with van der Waals surface area (Å²) in [5, 5.41) is 8.43. The highest BCUT2D eigenvalue weighted by Gasteiger charge is 2.02. The number of benzene rings is 1. The Morgan fingerprint density at radius 2 is 2.06 bits per heavy atom. The molecule has 0 saturated heterocycles. The summed E-state index contributed by atoms with van der Waals surface area (Å²) < 4.78 is 5.22. The first-order valence-electron chi connectivity index (χ1n) is 4.72. The number of ether oxygens (including phenoxy) is 1. The van der Waals surface area contributed by atoms with Crippen LogP contribution in [0.2, 0.25) is 0 Å². The molecule has 0 spiro atoms. The van der Waals surface area contributed by atoms with E-state index < -0.39 is 5.97 Å². The van der Waals surface area contributed by atoms with E-state index in [4.69, 9.17) is 9.84 Å². The average Bonchev–Trinajstić information content (AvgIpc) is 2.56. The molecule has 0 aliphatic heterocycles. The van der Waals surface area contributed by atoms with Crippen LogP contribution in [-0.2, 0) is 4.79 Å². The Hall–Kier alpha value is -2.24. The van der Waals surface area contributed by atoms with Crippen LogP contribution in [-0.4, -0.2) is 27.7 Å². The van der Waals surface area contributed by atoms with Gasteiger partial charge in [-0.15, -0.1) is 0 Å². The van der Waals surface area contributed by atoms with Crippen molar-refractivity contribution in [2.75, 3.05) is 6.61 Å². The van der Waals surface area contributed by atoms with Crippen molar-refractivity contribution in [1.82, 2.24) is 9.97 Å². The third-order valence-electron chi connectivity index (χ3n) is 2.07. The number of aromatic amines is 2. The maximum absolute atomic E-state index is 11.0. The van der Waals surface area contributed by atoms with Crippen LogP contribution in [0, 0.1) is 0 Å². The number of rotatable bonds is 4. The number of carboxylic acid groups (broad SMARTS) is 1. The maximum Gasteiger partial charge on any atom is 0.323 e. The van der Waals surface area contributed by atoms with Crippen molar-refractivity contribution in [3.8, 4) is 5.75 Å². The molecule has 0 aliphatic rings. The van der Waals surface area contributed by atoms with Crippen LogP contribution in [0.15, 0.2) is 23.0 Å². The molecule has 0 unspecified atom stereocenters. The zero-order valence-corrected chi connectivity index (χ0v) is 8.32. The number of imidazole rings is 1. The van der Waals surface area contributed by atoms with Gasteiger partial charge in [0.15, 0.2) is 0 Å². The molecule has 0 bridgehead atoms. The van der Waals surface area contributed by atoms with Crippen molar-refractivity contribution in [3.05, 3.63) is 28.7 Å². The Kier molecular flexibility index (Phi) is 2.63. The van der Waals surface area contributed by atoms with Crippen molar-refractivity contribution < 1.29 is 14.6 Å². The Morgan fingerprint density at radius 1 is 1.31 bits per heavy atom. The van der Waals surface area contributed by atoms with E-state index in [2.05, 4.69) is 9.97 Å². The van der Waals surface area contributed by atoms with Gasteiger partial charge in [-0.2, -0.15) is 0 Å². The second-order valence-corrected chi connectivity index (χ2v) is 3.28. The summed E-state index contributed by atoms with van der Waals surface area (Å²) in [6.45, 7) is 0.107. The molecular weight excluding hydrogens is 212 g/mol. The summed E-state index contributed by atoms with van der Waals surface area (Å²) in [6, 6.07) is 5.02. The van der Waals surface area contributed by atoms with Gasteiger partial charge in [-0.3, -0.25) is 4.79 Å². The van der Waals surface area contributed by atoms with Crippen LogP contribution in [0.3, 0.4) is 0 Å². The number of hydrogen-bond donors (Lipinski definition) is 3. The van der Waals surface area contributed by atoms with Gasteiger partial charge in [0.05, 0.1) is 24.1 Å². The highest BCUT2D eigenvalue weighted by Crippen LogP contribution is 2.16. The highest BCUT2D eigenvalue weighted by molar-refractivity contribution is 5.76. The third-order valence-corrected chi connectivity index (χ3v) is 2.07. The molecule has 0 aliphatic carbocycles. The second-order valence-electron chi connectivity index (χ2n) is 3.28. The number of carboxylic acids is 1. The molecule has 0 radical (unpaired) electrons. The third kappa shape index (κ3) is 2.22. The smallest absolute Gasteiger partial charge is 0.323 e. The molecule has 16 heavy (non-hydrogen) atoms. The molecular formula is C10H10N2O4. The molecule has 1 heterocycles. The number of aliphatic carboxylic acids is 1. The largest absolute Gasteiger partial charge is 0.493 e. The lowest BCUT2D eigenvalue weighted by Crippen LogP contribution is -2.04. The van der Waals surface area contributed by atoms with Crippen molar-refractivity contribution in [2.24, 2.45) is 0 Å². The minimum Gasteiger partial charge on any atom is -0.493 e. The monoisotopic (exact) mass is 222 g/mol. The molecule has 1 aromatic heterocycles. The molecule has 2 aromatic rings. The van der Waals surface area contributed by atoms with Gasteiger partial charge >= 0.3 is 11.7 Å². The van der Waals surface area contributed by atoms with Gasteiger partial charge < -0.3 is 19.8 Å². The van der Waals surface area contributed by atoms with Crippen molar-refractivity contribution in [1.29, 1.82) is 0 Å². The number of aromatic nitrogens is 2. The van der Waals surface area contributed by atoms with Crippen LogP contribution >= 0.6 is 0 Å². The Morgan fingerprint density at radius 3 is 2.81 bits per heavy atom. The Labute approximate surface area is 89.9 Å². The van der Waals surface area contributed by atoms with Crippen LogP contribution < -0.4 is 10.4 Å². The first-order valence-corrected chi connectivity index (χ1v) is 4.72. The highest BCUT2D eigenvalue weighted by atomic mass is 16.5. The quantitative estimate of drug-likeness (QED) is 0.709. The molecule has 0 atom stereocenters. The fourth-order valence-corrected chi connectivity index (χ4v) is 1.36. The van der Waals surface area contributed by atoms with Crippen LogP contribution in [0.25, 0.3) is 11.0 Å². The minimum absolute atomic E-state index is 0.0539. The summed E-state index contributed by atoms with van der Waals surface area (Å²) in [4.78, 5) is 26.4. The summed E-state index contributed by atoms with van der Waals surface area (Å²) in [6.07, 6.45) is -0.0539. The van der Waals surface area contributed by atoms with E-state index in [0.717, 1.165) is 0 Å². The fourth-order valence-electron chi connectivity index (χ4n) is 1.36. The number of fused-ring (bicyclic) bond motifs is 1. The molecule has 6 heteroatoms. The van der Waals surface area contributed by atoms with Gasteiger partial charge in [0.2, 0.25) is 0 Å². The first kappa shape index (κ1) is 10.3. The predicted octanol–water partition coefficient (Wildman–Crippen LogP) is 0.710. The van der Waals surface area contributed by atoms with Gasteiger partial charge in [0.25, 0.3) is 0 Å². The van der Waals surface area contributed by atoms with Crippen molar-refractivity contribution in [3.63, 3.8) is 0 Å². The fraction of sp³-hybridized carbons (Fsp3) is 0.200. The lowest BCUT2D eigenvalue weighted by atomic mass is 10.3.